The Hall–Kier alpha value is -2.89. The Morgan fingerprint density at radius 3 is 0.789 bits per heavy atom. The van der Waals surface area contributed by atoms with Gasteiger partial charge in [0.15, 0.2) is 6.10 Å². The van der Waals surface area contributed by atoms with Gasteiger partial charge in [-0.1, -0.05) is 268 Å². The second-order valence-electron chi connectivity index (χ2n) is 20.6. The molecule has 0 aliphatic rings. The maximum atomic E-state index is 12.8. The van der Waals surface area contributed by atoms with E-state index >= 15 is 0 Å². The van der Waals surface area contributed by atoms with Gasteiger partial charge in [-0.25, -0.2) is 0 Å². The topological polar surface area (TPSA) is 78.9 Å². The number of hydrogen-bond acceptors (Lipinski definition) is 6. The molecule has 1 atom stereocenters. The first-order valence-corrected chi connectivity index (χ1v) is 30.8. The van der Waals surface area contributed by atoms with Crippen molar-refractivity contribution in [3.05, 3.63) is 60.8 Å². The average molecular weight is 994 g/mol. The second-order valence-corrected chi connectivity index (χ2v) is 20.6. The SMILES string of the molecule is CCCCCCC/C=C\C/C=C\C/C=C\CCCCCCCCCCCCC(=O)OCC(COC(=O)CCCCCCCCC)OC(=O)CCCCCCCCCCC/C=C\C/C=C\CCCCCCC. The lowest BCUT2D eigenvalue weighted by molar-refractivity contribution is -0.167. The Balaban J connectivity index is 4.16. The van der Waals surface area contributed by atoms with Crippen LogP contribution in [0.25, 0.3) is 0 Å². The lowest BCUT2D eigenvalue weighted by Gasteiger charge is -2.18. The van der Waals surface area contributed by atoms with E-state index in [1.165, 1.54) is 199 Å². The normalized spacial score (nSPS) is 12.4. The monoisotopic (exact) mass is 993 g/mol. The molecule has 0 aromatic rings. The van der Waals surface area contributed by atoms with Crippen molar-refractivity contribution in [1.29, 1.82) is 0 Å². The van der Waals surface area contributed by atoms with Gasteiger partial charge in [0.25, 0.3) is 0 Å². The summed E-state index contributed by atoms with van der Waals surface area (Å²) in [6, 6.07) is 0. The highest BCUT2D eigenvalue weighted by Crippen LogP contribution is 2.16. The van der Waals surface area contributed by atoms with Crippen LogP contribution in [0.4, 0.5) is 0 Å². The zero-order chi connectivity index (χ0) is 51.4. The lowest BCUT2D eigenvalue weighted by atomic mass is 10.0. The van der Waals surface area contributed by atoms with Crippen LogP contribution in [-0.2, 0) is 28.6 Å². The fraction of sp³-hybridized carbons (Fsp3) is 0.800. The largest absolute Gasteiger partial charge is 0.462 e. The van der Waals surface area contributed by atoms with Gasteiger partial charge in [-0.3, -0.25) is 14.4 Å². The fourth-order valence-corrected chi connectivity index (χ4v) is 8.83. The molecule has 0 spiro atoms. The van der Waals surface area contributed by atoms with Gasteiger partial charge in [-0.05, 0) is 89.9 Å². The molecule has 0 rings (SSSR count). The number of ether oxygens (including phenoxy) is 3. The molecule has 0 N–H and O–H groups in total. The van der Waals surface area contributed by atoms with Crippen molar-refractivity contribution < 1.29 is 28.6 Å². The molecule has 0 aromatic carbocycles. The highest BCUT2D eigenvalue weighted by molar-refractivity contribution is 5.71. The van der Waals surface area contributed by atoms with E-state index in [9.17, 15) is 14.4 Å². The predicted octanol–water partition coefficient (Wildman–Crippen LogP) is 20.8. The molecule has 0 radical (unpaired) electrons. The highest BCUT2D eigenvalue weighted by Gasteiger charge is 2.19. The van der Waals surface area contributed by atoms with E-state index < -0.39 is 6.10 Å². The molecule has 0 bridgehead atoms. The van der Waals surface area contributed by atoms with Gasteiger partial charge in [0.2, 0.25) is 0 Å². The van der Waals surface area contributed by atoms with Gasteiger partial charge in [0.1, 0.15) is 13.2 Å². The molecule has 0 fully saturated rings. The van der Waals surface area contributed by atoms with E-state index in [4.69, 9.17) is 14.2 Å². The predicted molar refractivity (Wildman–Crippen MR) is 307 cm³/mol. The first kappa shape index (κ1) is 68.1. The summed E-state index contributed by atoms with van der Waals surface area (Å²) in [5, 5.41) is 0. The Kier molecular flexibility index (Phi) is 57.2. The summed E-state index contributed by atoms with van der Waals surface area (Å²) < 4.78 is 16.8. The molecule has 0 aromatic heterocycles. The Morgan fingerprint density at radius 2 is 0.507 bits per heavy atom. The van der Waals surface area contributed by atoms with E-state index in [-0.39, 0.29) is 31.1 Å². The second kappa shape index (κ2) is 59.7. The van der Waals surface area contributed by atoms with Crippen LogP contribution in [0.15, 0.2) is 60.8 Å². The minimum absolute atomic E-state index is 0.0754. The van der Waals surface area contributed by atoms with Crippen molar-refractivity contribution in [2.75, 3.05) is 13.2 Å². The van der Waals surface area contributed by atoms with Crippen LogP contribution in [0.1, 0.15) is 316 Å². The van der Waals surface area contributed by atoms with Crippen molar-refractivity contribution in [1.82, 2.24) is 0 Å². The maximum absolute atomic E-state index is 12.8. The van der Waals surface area contributed by atoms with Gasteiger partial charge in [0.05, 0.1) is 0 Å². The molecule has 0 saturated carbocycles. The smallest absolute Gasteiger partial charge is 0.306 e. The van der Waals surface area contributed by atoms with Crippen LogP contribution in [-0.4, -0.2) is 37.2 Å². The number of carbonyl (C=O) groups is 3. The summed E-state index contributed by atoms with van der Waals surface area (Å²) in [4.78, 5) is 38.0. The van der Waals surface area contributed by atoms with Gasteiger partial charge in [-0.2, -0.15) is 0 Å². The summed E-state index contributed by atoms with van der Waals surface area (Å²) >= 11 is 0. The molecule has 0 aliphatic carbocycles. The van der Waals surface area contributed by atoms with E-state index in [2.05, 4.69) is 81.5 Å². The maximum Gasteiger partial charge on any atom is 0.306 e. The molecule has 0 saturated heterocycles. The number of allylic oxidation sites excluding steroid dienone is 10. The first-order chi connectivity index (χ1) is 35.0. The fourth-order valence-electron chi connectivity index (χ4n) is 8.83. The van der Waals surface area contributed by atoms with Crippen molar-refractivity contribution in [2.45, 2.75) is 322 Å². The van der Waals surface area contributed by atoms with Crippen molar-refractivity contribution in [3.8, 4) is 0 Å². The summed E-state index contributed by atoms with van der Waals surface area (Å²) in [5.41, 5.74) is 0. The molecule has 0 heterocycles. The quantitative estimate of drug-likeness (QED) is 0.0261. The van der Waals surface area contributed by atoms with Gasteiger partial charge in [0, 0.05) is 19.3 Å². The summed E-state index contributed by atoms with van der Waals surface area (Å²) in [5.74, 6) is -0.878. The number of rotatable bonds is 56. The number of carbonyl (C=O) groups excluding carboxylic acids is 3. The summed E-state index contributed by atoms with van der Waals surface area (Å²) in [6.07, 6.45) is 75.3. The Labute approximate surface area is 440 Å². The van der Waals surface area contributed by atoms with Crippen LogP contribution in [0, 0.1) is 0 Å². The Bertz CT molecular complexity index is 1280. The van der Waals surface area contributed by atoms with E-state index in [0.29, 0.717) is 19.3 Å². The van der Waals surface area contributed by atoms with E-state index in [1.54, 1.807) is 0 Å². The third kappa shape index (κ3) is 57.9. The lowest BCUT2D eigenvalue weighted by Crippen LogP contribution is -2.30. The summed E-state index contributed by atoms with van der Waals surface area (Å²) in [7, 11) is 0. The van der Waals surface area contributed by atoms with Gasteiger partial charge in [-0.15, -0.1) is 0 Å². The number of esters is 3. The van der Waals surface area contributed by atoms with Crippen LogP contribution < -0.4 is 0 Å². The van der Waals surface area contributed by atoms with Gasteiger partial charge >= 0.3 is 17.9 Å². The molecule has 71 heavy (non-hydrogen) atoms. The minimum atomic E-state index is -0.775. The highest BCUT2D eigenvalue weighted by atomic mass is 16.6. The molecule has 6 heteroatoms. The third-order valence-electron chi connectivity index (χ3n) is 13.5. The van der Waals surface area contributed by atoms with Crippen LogP contribution >= 0.6 is 0 Å². The van der Waals surface area contributed by atoms with Crippen molar-refractivity contribution in [3.63, 3.8) is 0 Å². The van der Waals surface area contributed by atoms with E-state index in [0.717, 1.165) is 77.0 Å². The Morgan fingerprint density at radius 1 is 0.282 bits per heavy atom. The number of unbranched alkanes of at least 4 members (excludes halogenated alkanes) is 35. The van der Waals surface area contributed by atoms with Crippen molar-refractivity contribution in [2.24, 2.45) is 0 Å². The molecular formula is C65H116O6. The van der Waals surface area contributed by atoms with Crippen molar-refractivity contribution >= 4 is 17.9 Å². The van der Waals surface area contributed by atoms with E-state index in [1.807, 2.05) is 0 Å². The third-order valence-corrected chi connectivity index (χ3v) is 13.5. The van der Waals surface area contributed by atoms with Crippen LogP contribution in [0.2, 0.25) is 0 Å². The van der Waals surface area contributed by atoms with Crippen LogP contribution in [0.5, 0.6) is 0 Å². The van der Waals surface area contributed by atoms with Gasteiger partial charge < -0.3 is 14.2 Å². The minimum Gasteiger partial charge on any atom is -0.462 e. The molecule has 1 unspecified atom stereocenters. The molecule has 0 amide bonds. The molecule has 412 valence electrons. The molecular weight excluding hydrogens is 877 g/mol. The summed E-state index contributed by atoms with van der Waals surface area (Å²) in [6.45, 7) is 6.60. The number of hydrogen-bond donors (Lipinski definition) is 0. The van der Waals surface area contributed by atoms with Crippen LogP contribution in [0.3, 0.4) is 0 Å². The molecule has 0 aliphatic heterocycles. The first-order valence-electron chi connectivity index (χ1n) is 30.8. The standard InChI is InChI=1S/C65H116O6/c1-4-7-10-13-16-18-20-22-24-26-28-30-31-32-33-35-36-38-40-42-44-46-49-52-55-58-64(67)70-61-62(60-69-63(66)57-54-51-48-15-12-9-6-3)71-65(68)59-56-53-50-47-45-43-41-39-37-34-29-27-25-23-21-19-17-14-11-8-5-2/h20-23,26-29,31-32,62H,4-19,24-25,30,33-61H2,1-3H3/b22-20-,23-21-,28-26-,29-27-,32-31-. The zero-order valence-corrected chi connectivity index (χ0v) is 47.2. The molecule has 6 nitrogen and oxygen atoms in total. The average Bonchev–Trinajstić information content (AvgIpc) is 3.37. The zero-order valence-electron chi connectivity index (χ0n) is 47.2.